The molecular formula is C23H25ClN4O4. The second kappa shape index (κ2) is 9.08. The number of imide groups is 1. The lowest BCUT2D eigenvalue weighted by molar-refractivity contribution is -0.132. The largest absolute Gasteiger partial charge is 0.497 e. The Morgan fingerprint density at radius 2 is 1.84 bits per heavy atom. The van der Waals surface area contributed by atoms with Crippen LogP contribution in [-0.4, -0.2) is 56.0 Å². The number of benzene rings is 2. The van der Waals surface area contributed by atoms with E-state index >= 15 is 0 Å². The summed E-state index contributed by atoms with van der Waals surface area (Å²) in [6.45, 7) is 2.56. The fourth-order valence-electron chi connectivity index (χ4n) is 4.24. The first-order valence-electron chi connectivity index (χ1n) is 10.5. The van der Waals surface area contributed by atoms with Crippen LogP contribution < -0.4 is 20.3 Å². The molecule has 0 radical (unpaired) electrons. The van der Waals surface area contributed by atoms with Gasteiger partial charge in [0.05, 0.1) is 7.11 Å². The summed E-state index contributed by atoms with van der Waals surface area (Å²) in [5.41, 5.74) is 0.315. The Balaban J connectivity index is 1.42. The first kappa shape index (κ1) is 22.0. The fraction of sp³-hybridized carbons (Fsp3) is 0.348. The van der Waals surface area contributed by atoms with Crippen LogP contribution >= 0.6 is 11.6 Å². The molecule has 2 N–H and O–H groups in total. The number of hydrogen-bond acceptors (Lipinski definition) is 5. The molecule has 0 aliphatic carbocycles. The normalized spacial score (nSPS) is 20.7. The van der Waals surface area contributed by atoms with Gasteiger partial charge in [0, 0.05) is 43.3 Å². The van der Waals surface area contributed by atoms with Crippen molar-refractivity contribution in [2.24, 2.45) is 0 Å². The van der Waals surface area contributed by atoms with E-state index < -0.39 is 17.5 Å². The zero-order chi connectivity index (χ0) is 22.7. The third-order valence-corrected chi connectivity index (χ3v) is 6.26. The van der Waals surface area contributed by atoms with Crippen molar-refractivity contribution in [1.29, 1.82) is 0 Å². The summed E-state index contributed by atoms with van der Waals surface area (Å²) in [5, 5.41) is 5.71. The molecule has 32 heavy (non-hydrogen) atoms. The molecule has 168 valence electrons. The van der Waals surface area contributed by atoms with E-state index in [4.69, 9.17) is 16.3 Å². The smallest absolute Gasteiger partial charge is 0.322 e. The van der Waals surface area contributed by atoms with Gasteiger partial charge >= 0.3 is 6.03 Å². The van der Waals surface area contributed by atoms with Crippen molar-refractivity contribution in [3.63, 3.8) is 0 Å². The van der Waals surface area contributed by atoms with Crippen LogP contribution in [0.2, 0.25) is 5.02 Å². The van der Waals surface area contributed by atoms with Crippen molar-refractivity contribution in [1.82, 2.24) is 15.5 Å². The second-order valence-corrected chi connectivity index (χ2v) is 8.33. The first-order valence-corrected chi connectivity index (χ1v) is 10.9. The number of urea groups is 1. The van der Waals surface area contributed by atoms with Gasteiger partial charge in [0.1, 0.15) is 11.3 Å². The highest BCUT2D eigenvalue weighted by Gasteiger charge is 2.48. The van der Waals surface area contributed by atoms with Crippen molar-refractivity contribution >= 4 is 35.1 Å². The van der Waals surface area contributed by atoms with Gasteiger partial charge in [-0.2, -0.15) is 0 Å². The standard InChI is InChI=1S/C23H25ClN4O4/c1-32-19-7-2-4-16(14-19)23(21(30)25-22(31)26-23)9-8-20(29)28-12-10-27(11-13-28)18-6-3-5-17(24)15-18/h2-7,14-15H,8-13H2,1H3,(H2,25,26,30,31). The summed E-state index contributed by atoms with van der Waals surface area (Å²) < 4.78 is 5.26. The summed E-state index contributed by atoms with van der Waals surface area (Å²) in [6.07, 6.45) is 0.285. The van der Waals surface area contributed by atoms with E-state index in [9.17, 15) is 14.4 Å². The van der Waals surface area contributed by atoms with Crippen LogP contribution in [0, 0.1) is 0 Å². The van der Waals surface area contributed by atoms with E-state index in [2.05, 4.69) is 15.5 Å². The van der Waals surface area contributed by atoms with Crippen molar-refractivity contribution in [3.8, 4) is 5.75 Å². The molecule has 2 aliphatic rings. The van der Waals surface area contributed by atoms with Crippen LogP contribution in [0.4, 0.5) is 10.5 Å². The number of piperazine rings is 1. The van der Waals surface area contributed by atoms with Crippen LogP contribution in [-0.2, 0) is 15.1 Å². The molecule has 4 rings (SSSR count). The monoisotopic (exact) mass is 456 g/mol. The number of halogens is 1. The zero-order valence-corrected chi connectivity index (χ0v) is 18.5. The fourth-order valence-corrected chi connectivity index (χ4v) is 4.43. The van der Waals surface area contributed by atoms with Crippen LogP contribution in [0.5, 0.6) is 5.75 Å². The summed E-state index contributed by atoms with van der Waals surface area (Å²) in [4.78, 5) is 41.6. The van der Waals surface area contributed by atoms with Crippen molar-refractivity contribution in [2.75, 3.05) is 38.2 Å². The third-order valence-electron chi connectivity index (χ3n) is 6.02. The average Bonchev–Trinajstić information content (AvgIpc) is 3.11. The van der Waals surface area contributed by atoms with E-state index in [0.29, 0.717) is 42.5 Å². The number of amides is 4. The topological polar surface area (TPSA) is 91.0 Å². The van der Waals surface area contributed by atoms with Gasteiger partial charge in [0.15, 0.2) is 0 Å². The van der Waals surface area contributed by atoms with Crippen molar-refractivity contribution < 1.29 is 19.1 Å². The molecule has 1 atom stereocenters. The number of carbonyl (C=O) groups excluding carboxylic acids is 3. The third kappa shape index (κ3) is 4.36. The molecule has 2 aromatic rings. The number of methoxy groups -OCH3 is 1. The molecule has 2 saturated heterocycles. The number of carbonyl (C=O) groups is 3. The maximum Gasteiger partial charge on any atom is 0.322 e. The highest BCUT2D eigenvalue weighted by Crippen LogP contribution is 2.32. The molecule has 9 heteroatoms. The molecule has 8 nitrogen and oxygen atoms in total. The lowest BCUT2D eigenvalue weighted by atomic mass is 9.85. The van der Waals surface area contributed by atoms with E-state index in [1.54, 1.807) is 29.2 Å². The molecule has 0 saturated carbocycles. The minimum absolute atomic E-state index is 0.0491. The van der Waals surface area contributed by atoms with Crippen LogP contribution in [0.3, 0.4) is 0 Å². The van der Waals surface area contributed by atoms with Crippen LogP contribution in [0.1, 0.15) is 18.4 Å². The summed E-state index contributed by atoms with van der Waals surface area (Å²) in [5.74, 6) is 0.0561. The van der Waals surface area contributed by atoms with Crippen LogP contribution in [0.25, 0.3) is 0 Å². The molecule has 0 aromatic heterocycles. The Kier molecular flexibility index (Phi) is 6.23. The summed E-state index contributed by atoms with van der Waals surface area (Å²) in [7, 11) is 1.53. The SMILES string of the molecule is COc1cccc(C2(CCC(=O)N3CCN(c4cccc(Cl)c4)CC3)NC(=O)NC2=O)c1. The average molecular weight is 457 g/mol. The van der Waals surface area contributed by atoms with Gasteiger partial charge in [-0.15, -0.1) is 0 Å². The molecule has 2 aromatic carbocycles. The summed E-state index contributed by atoms with van der Waals surface area (Å²) >= 11 is 6.09. The van der Waals surface area contributed by atoms with Crippen molar-refractivity contribution in [3.05, 3.63) is 59.1 Å². The predicted molar refractivity (Wildman–Crippen MR) is 121 cm³/mol. The number of anilines is 1. The highest BCUT2D eigenvalue weighted by atomic mass is 35.5. The molecule has 2 fully saturated rings. The first-order chi connectivity index (χ1) is 15.4. The van der Waals surface area contributed by atoms with Gasteiger partial charge in [-0.25, -0.2) is 4.79 Å². The molecule has 0 spiro atoms. The number of hydrogen-bond donors (Lipinski definition) is 2. The lowest BCUT2D eigenvalue weighted by Gasteiger charge is -2.36. The van der Waals surface area contributed by atoms with Crippen LogP contribution in [0.15, 0.2) is 48.5 Å². The quantitative estimate of drug-likeness (QED) is 0.652. The Labute approximate surface area is 191 Å². The van der Waals surface area contributed by atoms with Gasteiger partial charge in [0.2, 0.25) is 5.91 Å². The summed E-state index contributed by atoms with van der Waals surface area (Å²) in [6, 6.07) is 14.1. The Morgan fingerprint density at radius 3 is 2.50 bits per heavy atom. The molecule has 4 amide bonds. The number of nitrogens with one attached hydrogen (secondary N) is 2. The number of nitrogens with zero attached hydrogens (tertiary/aromatic N) is 2. The van der Waals surface area contributed by atoms with E-state index in [1.807, 2.05) is 24.3 Å². The molecular weight excluding hydrogens is 432 g/mol. The Morgan fingerprint density at radius 1 is 1.09 bits per heavy atom. The maximum atomic E-state index is 13.0. The molecule has 0 bridgehead atoms. The maximum absolute atomic E-state index is 13.0. The Bertz CT molecular complexity index is 1040. The van der Waals surface area contributed by atoms with Gasteiger partial charge in [-0.05, 0) is 42.3 Å². The van der Waals surface area contributed by atoms with Gasteiger partial charge in [0.25, 0.3) is 5.91 Å². The predicted octanol–water partition coefficient (Wildman–Crippen LogP) is 2.51. The van der Waals surface area contributed by atoms with E-state index in [1.165, 1.54) is 7.11 Å². The lowest BCUT2D eigenvalue weighted by Crippen LogP contribution is -2.50. The minimum Gasteiger partial charge on any atom is -0.497 e. The zero-order valence-electron chi connectivity index (χ0n) is 17.8. The van der Waals surface area contributed by atoms with Crippen molar-refractivity contribution in [2.45, 2.75) is 18.4 Å². The molecule has 1 unspecified atom stereocenters. The molecule has 2 aliphatic heterocycles. The number of ether oxygens (including phenoxy) is 1. The van der Waals surface area contributed by atoms with E-state index in [0.717, 1.165) is 5.69 Å². The Hall–Kier alpha value is -3.26. The second-order valence-electron chi connectivity index (χ2n) is 7.89. The van der Waals surface area contributed by atoms with Gasteiger partial charge in [-0.1, -0.05) is 29.8 Å². The minimum atomic E-state index is -1.30. The number of rotatable bonds is 6. The van der Waals surface area contributed by atoms with Gasteiger partial charge < -0.3 is 19.9 Å². The van der Waals surface area contributed by atoms with Gasteiger partial charge in [-0.3, -0.25) is 14.9 Å². The highest BCUT2D eigenvalue weighted by molar-refractivity contribution is 6.30. The van der Waals surface area contributed by atoms with E-state index in [-0.39, 0.29) is 18.7 Å². The molecule has 2 heterocycles.